The number of nitrogens with one attached hydrogen (secondary N) is 1. The van der Waals surface area contributed by atoms with E-state index < -0.39 is 0 Å². The van der Waals surface area contributed by atoms with E-state index in [0.29, 0.717) is 6.61 Å². The van der Waals surface area contributed by atoms with E-state index in [-0.39, 0.29) is 24.4 Å². The van der Waals surface area contributed by atoms with Crippen LogP contribution in [0.25, 0.3) is 0 Å². The molecule has 0 amide bonds. The van der Waals surface area contributed by atoms with Crippen LogP contribution in [-0.2, 0) is 20.5 Å². The Kier molecular flexibility index (Phi) is 3.75. The van der Waals surface area contributed by atoms with E-state index in [1.165, 1.54) is 11.1 Å². The first-order valence-corrected chi connectivity index (χ1v) is 8.76. The van der Waals surface area contributed by atoms with Crippen LogP contribution in [0.2, 0.25) is 0 Å². The molecule has 1 aromatic rings. The van der Waals surface area contributed by atoms with Crippen molar-refractivity contribution in [3.05, 3.63) is 29.3 Å². The summed E-state index contributed by atoms with van der Waals surface area (Å²) in [5.74, 6) is 0.946. The van der Waals surface area contributed by atoms with Crippen LogP contribution in [0, 0.1) is 0 Å². The van der Waals surface area contributed by atoms with Gasteiger partial charge >= 0.3 is 7.12 Å². The van der Waals surface area contributed by atoms with E-state index in [9.17, 15) is 0 Å². The standard InChI is InChI=1S/C18H25BN2O3/c1-17(2)18(3,4)24-19(23-17)14-7-5-6-13-12(14)8-11-22-15(13)16-20-9-10-21-16/h5-7,15H,8-11H2,1-4H3,(H,20,21). The molecule has 1 fully saturated rings. The highest BCUT2D eigenvalue weighted by Crippen LogP contribution is 2.37. The van der Waals surface area contributed by atoms with Gasteiger partial charge in [0.2, 0.25) is 0 Å². The second-order valence-corrected chi connectivity index (χ2v) is 7.70. The van der Waals surface area contributed by atoms with Crippen molar-refractivity contribution in [1.82, 2.24) is 5.32 Å². The molecule has 3 aliphatic rings. The number of nitrogens with zero attached hydrogens (tertiary/aromatic N) is 1. The molecule has 4 rings (SSSR count). The lowest BCUT2D eigenvalue weighted by atomic mass is 9.73. The van der Waals surface area contributed by atoms with E-state index in [2.05, 4.69) is 56.2 Å². The molecule has 1 aromatic carbocycles. The minimum Gasteiger partial charge on any atom is -0.399 e. The summed E-state index contributed by atoms with van der Waals surface area (Å²) >= 11 is 0. The van der Waals surface area contributed by atoms with E-state index in [4.69, 9.17) is 14.0 Å². The molecule has 128 valence electrons. The summed E-state index contributed by atoms with van der Waals surface area (Å²) in [5.41, 5.74) is 2.92. The number of fused-ring (bicyclic) bond motifs is 1. The molecule has 0 bridgehead atoms. The van der Waals surface area contributed by atoms with Gasteiger partial charge < -0.3 is 19.4 Å². The molecule has 0 aliphatic carbocycles. The molecule has 1 atom stereocenters. The fourth-order valence-electron chi connectivity index (χ4n) is 3.54. The maximum Gasteiger partial charge on any atom is 0.495 e. The molecule has 24 heavy (non-hydrogen) atoms. The quantitative estimate of drug-likeness (QED) is 0.838. The first-order chi connectivity index (χ1) is 11.4. The molecule has 0 aromatic heterocycles. The largest absolute Gasteiger partial charge is 0.495 e. The average molecular weight is 328 g/mol. The molecule has 1 unspecified atom stereocenters. The number of aliphatic imine (C=N–C) groups is 1. The minimum atomic E-state index is -0.331. The van der Waals surface area contributed by atoms with E-state index >= 15 is 0 Å². The fraction of sp³-hybridized carbons (Fsp3) is 0.611. The Morgan fingerprint density at radius 3 is 2.58 bits per heavy atom. The predicted octanol–water partition coefficient (Wildman–Crippen LogP) is 1.60. The van der Waals surface area contributed by atoms with E-state index in [1.54, 1.807) is 0 Å². The zero-order valence-corrected chi connectivity index (χ0v) is 14.9. The highest BCUT2D eigenvalue weighted by Gasteiger charge is 2.52. The molecule has 6 heteroatoms. The van der Waals surface area contributed by atoms with Gasteiger partial charge in [0.15, 0.2) is 0 Å². The van der Waals surface area contributed by atoms with E-state index in [0.717, 1.165) is 30.8 Å². The Balaban J connectivity index is 1.71. The molecule has 5 nitrogen and oxygen atoms in total. The Labute approximate surface area is 143 Å². The van der Waals surface area contributed by atoms with Crippen molar-refractivity contribution in [3.8, 4) is 0 Å². The van der Waals surface area contributed by atoms with Gasteiger partial charge in [0.1, 0.15) is 11.9 Å². The SMILES string of the molecule is CC1(C)OB(c2cccc3c2CCOC3C2=NCCN2)OC1(C)C. The van der Waals surface area contributed by atoms with Crippen LogP contribution in [0.5, 0.6) is 0 Å². The highest BCUT2D eigenvalue weighted by atomic mass is 16.7. The third-order valence-electron chi connectivity index (χ3n) is 5.62. The summed E-state index contributed by atoms with van der Waals surface area (Å²) in [6.45, 7) is 10.8. The van der Waals surface area contributed by atoms with Gasteiger partial charge in [-0.3, -0.25) is 4.99 Å². The van der Waals surface area contributed by atoms with Crippen LogP contribution in [0.4, 0.5) is 0 Å². The van der Waals surface area contributed by atoms with E-state index in [1.807, 2.05) is 0 Å². The number of benzene rings is 1. The van der Waals surface area contributed by atoms with Crippen LogP contribution in [0.3, 0.4) is 0 Å². The summed E-state index contributed by atoms with van der Waals surface area (Å²) in [5, 5.41) is 3.34. The van der Waals surface area contributed by atoms with Crippen LogP contribution in [0.1, 0.15) is 44.9 Å². The second-order valence-electron chi connectivity index (χ2n) is 7.70. The van der Waals surface area contributed by atoms with Crippen molar-refractivity contribution in [2.24, 2.45) is 4.99 Å². The van der Waals surface area contributed by atoms with Crippen LogP contribution in [0.15, 0.2) is 23.2 Å². The first-order valence-electron chi connectivity index (χ1n) is 8.76. The third-order valence-corrected chi connectivity index (χ3v) is 5.62. The number of rotatable bonds is 2. The Hall–Kier alpha value is -1.37. The van der Waals surface area contributed by atoms with Gasteiger partial charge in [-0.25, -0.2) is 0 Å². The highest BCUT2D eigenvalue weighted by molar-refractivity contribution is 6.62. The monoisotopic (exact) mass is 328 g/mol. The second kappa shape index (κ2) is 5.58. The van der Waals surface area contributed by atoms with Gasteiger partial charge in [-0.2, -0.15) is 0 Å². The predicted molar refractivity (Wildman–Crippen MR) is 94.9 cm³/mol. The molecule has 3 aliphatic heterocycles. The lowest BCUT2D eigenvalue weighted by molar-refractivity contribution is 0.00578. The maximum absolute atomic E-state index is 6.27. The van der Waals surface area contributed by atoms with Crippen molar-refractivity contribution in [2.75, 3.05) is 19.7 Å². The van der Waals surface area contributed by atoms with Gasteiger partial charge in [-0.05, 0) is 50.7 Å². The number of amidine groups is 1. The molecular formula is C18H25BN2O3. The van der Waals surface area contributed by atoms with Crippen LogP contribution < -0.4 is 10.8 Å². The van der Waals surface area contributed by atoms with Crippen molar-refractivity contribution >= 4 is 18.4 Å². The molecule has 1 N–H and O–H groups in total. The minimum absolute atomic E-state index is 0.0985. The molecule has 3 heterocycles. The van der Waals surface area contributed by atoms with Crippen molar-refractivity contribution < 1.29 is 14.0 Å². The zero-order chi connectivity index (χ0) is 16.9. The smallest absolute Gasteiger partial charge is 0.399 e. The van der Waals surface area contributed by atoms with Gasteiger partial charge in [0.05, 0.1) is 24.4 Å². The fourth-order valence-corrected chi connectivity index (χ4v) is 3.54. The van der Waals surface area contributed by atoms with Crippen molar-refractivity contribution in [1.29, 1.82) is 0 Å². The molecular weight excluding hydrogens is 303 g/mol. The Bertz CT molecular complexity index is 671. The van der Waals surface area contributed by atoms with Gasteiger partial charge in [0, 0.05) is 6.54 Å². The summed E-state index contributed by atoms with van der Waals surface area (Å²) in [6, 6.07) is 6.32. The molecule has 0 radical (unpaired) electrons. The zero-order valence-electron chi connectivity index (χ0n) is 14.9. The van der Waals surface area contributed by atoms with Gasteiger partial charge in [0.25, 0.3) is 0 Å². The summed E-state index contributed by atoms with van der Waals surface area (Å²) < 4.78 is 18.5. The number of ether oxygens (including phenoxy) is 1. The van der Waals surface area contributed by atoms with Crippen LogP contribution in [-0.4, -0.2) is 43.9 Å². The summed E-state index contributed by atoms with van der Waals surface area (Å²) in [7, 11) is -0.331. The molecule has 1 saturated heterocycles. The number of hydrogen-bond donors (Lipinski definition) is 1. The Morgan fingerprint density at radius 2 is 1.92 bits per heavy atom. The average Bonchev–Trinajstić information content (AvgIpc) is 3.13. The van der Waals surface area contributed by atoms with Crippen LogP contribution >= 0.6 is 0 Å². The molecule has 0 spiro atoms. The Morgan fingerprint density at radius 1 is 1.17 bits per heavy atom. The normalized spacial score (nSPS) is 27.6. The molecule has 0 saturated carbocycles. The first kappa shape index (κ1) is 16.1. The topological polar surface area (TPSA) is 52.1 Å². The van der Waals surface area contributed by atoms with Gasteiger partial charge in [-0.15, -0.1) is 0 Å². The summed E-state index contributed by atoms with van der Waals surface area (Å²) in [4.78, 5) is 4.55. The number of hydrogen-bond acceptors (Lipinski definition) is 5. The van der Waals surface area contributed by atoms with Crippen molar-refractivity contribution in [3.63, 3.8) is 0 Å². The third kappa shape index (κ3) is 2.48. The van der Waals surface area contributed by atoms with Gasteiger partial charge in [-0.1, -0.05) is 18.2 Å². The summed E-state index contributed by atoms with van der Waals surface area (Å²) in [6.07, 6.45) is 0.776. The maximum atomic E-state index is 6.27. The lowest BCUT2D eigenvalue weighted by Gasteiger charge is -2.32. The lowest BCUT2D eigenvalue weighted by Crippen LogP contribution is -2.41. The van der Waals surface area contributed by atoms with Crippen molar-refractivity contribution in [2.45, 2.75) is 51.4 Å².